The molecule has 1 unspecified atom stereocenters. The molecule has 2 heterocycles. The van der Waals surface area contributed by atoms with Crippen LogP contribution in [0.15, 0.2) is 35.5 Å². The number of piperidine rings is 1. The SMILES string of the molecule is C=C/C(=C\C1=C(C)CN(C2CCC(=O)NC2=O)C1=O)CN. The number of nitrogens with zero attached hydrogens (tertiary/aromatic N) is 1. The standard InChI is InChI=1S/C15H19N3O3/c1-3-10(7-16)6-11-9(2)8-18(15(11)21)12-4-5-13(19)17-14(12)20/h3,6,12H,1,4-5,7-8,16H2,2H3,(H,17,19,20)/b10-6+. The van der Waals surface area contributed by atoms with Gasteiger partial charge in [-0.3, -0.25) is 19.7 Å². The second kappa shape index (κ2) is 6.05. The summed E-state index contributed by atoms with van der Waals surface area (Å²) >= 11 is 0. The van der Waals surface area contributed by atoms with Crippen LogP contribution in [0.3, 0.4) is 0 Å². The third kappa shape index (κ3) is 2.95. The zero-order valence-corrected chi connectivity index (χ0v) is 12.0. The zero-order valence-electron chi connectivity index (χ0n) is 12.0. The maximum absolute atomic E-state index is 12.5. The minimum absolute atomic E-state index is 0.199. The van der Waals surface area contributed by atoms with Crippen molar-refractivity contribution in [3.05, 3.63) is 35.5 Å². The molecule has 1 atom stereocenters. The van der Waals surface area contributed by atoms with Crippen LogP contribution >= 0.6 is 0 Å². The molecule has 1 fully saturated rings. The lowest BCUT2D eigenvalue weighted by molar-refractivity contribution is -0.142. The Balaban J connectivity index is 2.20. The first-order valence-electron chi connectivity index (χ1n) is 6.85. The van der Waals surface area contributed by atoms with Crippen LogP contribution in [0.2, 0.25) is 0 Å². The Morgan fingerprint density at radius 1 is 1.48 bits per heavy atom. The van der Waals surface area contributed by atoms with E-state index in [1.807, 2.05) is 6.92 Å². The third-order valence-electron chi connectivity index (χ3n) is 3.77. The van der Waals surface area contributed by atoms with Gasteiger partial charge in [0.25, 0.3) is 5.91 Å². The van der Waals surface area contributed by atoms with Crippen LogP contribution in [0.1, 0.15) is 19.8 Å². The van der Waals surface area contributed by atoms with Gasteiger partial charge in [0.1, 0.15) is 6.04 Å². The molecule has 0 aromatic rings. The van der Waals surface area contributed by atoms with Crippen molar-refractivity contribution in [3.8, 4) is 0 Å². The summed E-state index contributed by atoms with van der Waals surface area (Å²) in [5.74, 6) is -0.889. The van der Waals surface area contributed by atoms with Crippen LogP contribution in [-0.4, -0.2) is 41.8 Å². The Hall–Kier alpha value is -2.21. The second-order valence-corrected chi connectivity index (χ2v) is 5.22. The van der Waals surface area contributed by atoms with Gasteiger partial charge in [-0.05, 0) is 30.6 Å². The van der Waals surface area contributed by atoms with E-state index in [1.165, 1.54) is 4.90 Å². The van der Waals surface area contributed by atoms with E-state index in [2.05, 4.69) is 11.9 Å². The van der Waals surface area contributed by atoms with Gasteiger partial charge in [0.2, 0.25) is 11.8 Å². The molecular formula is C15H19N3O3. The number of carbonyl (C=O) groups is 3. The van der Waals surface area contributed by atoms with Crippen molar-refractivity contribution in [2.45, 2.75) is 25.8 Å². The van der Waals surface area contributed by atoms with E-state index in [9.17, 15) is 14.4 Å². The highest BCUT2D eigenvalue weighted by Gasteiger charge is 2.38. The van der Waals surface area contributed by atoms with E-state index in [0.29, 0.717) is 25.1 Å². The molecule has 0 spiro atoms. The van der Waals surface area contributed by atoms with Crippen LogP contribution in [-0.2, 0) is 14.4 Å². The summed E-state index contributed by atoms with van der Waals surface area (Å²) in [4.78, 5) is 37.1. The van der Waals surface area contributed by atoms with Crippen LogP contribution in [0.4, 0.5) is 0 Å². The van der Waals surface area contributed by atoms with Crippen molar-refractivity contribution in [1.82, 2.24) is 10.2 Å². The van der Waals surface area contributed by atoms with Gasteiger partial charge in [0.05, 0.1) is 0 Å². The summed E-state index contributed by atoms with van der Waals surface area (Å²) < 4.78 is 0. The van der Waals surface area contributed by atoms with E-state index < -0.39 is 11.9 Å². The van der Waals surface area contributed by atoms with Gasteiger partial charge < -0.3 is 10.6 Å². The molecular weight excluding hydrogens is 270 g/mol. The fraction of sp³-hybridized carbons (Fsp3) is 0.400. The summed E-state index contributed by atoms with van der Waals surface area (Å²) in [5, 5.41) is 2.28. The minimum Gasteiger partial charge on any atom is -0.326 e. The van der Waals surface area contributed by atoms with E-state index in [0.717, 1.165) is 11.1 Å². The van der Waals surface area contributed by atoms with Crippen molar-refractivity contribution in [1.29, 1.82) is 0 Å². The monoisotopic (exact) mass is 289 g/mol. The molecule has 21 heavy (non-hydrogen) atoms. The summed E-state index contributed by atoms with van der Waals surface area (Å²) in [7, 11) is 0. The maximum atomic E-state index is 12.5. The number of nitrogens with two attached hydrogens (primary N) is 1. The first kappa shape index (κ1) is 15.2. The minimum atomic E-state index is -0.582. The Bertz CT molecular complexity index is 575. The first-order chi connectivity index (χ1) is 9.97. The molecule has 2 aliphatic rings. The molecule has 6 heteroatoms. The lowest BCUT2D eigenvalue weighted by Crippen LogP contribution is -2.53. The average Bonchev–Trinajstić information content (AvgIpc) is 2.72. The predicted octanol–water partition coefficient (Wildman–Crippen LogP) is 0.0214. The fourth-order valence-electron chi connectivity index (χ4n) is 2.55. The van der Waals surface area contributed by atoms with Gasteiger partial charge in [0, 0.05) is 25.1 Å². The number of nitrogens with one attached hydrogen (secondary N) is 1. The largest absolute Gasteiger partial charge is 0.326 e. The Labute approximate surface area is 123 Å². The third-order valence-corrected chi connectivity index (χ3v) is 3.77. The topological polar surface area (TPSA) is 92.5 Å². The molecule has 0 bridgehead atoms. The molecule has 0 aromatic heterocycles. The van der Waals surface area contributed by atoms with Crippen molar-refractivity contribution in [2.24, 2.45) is 5.73 Å². The van der Waals surface area contributed by atoms with Gasteiger partial charge in [-0.1, -0.05) is 12.7 Å². The highest BCUT2D eigenvalue weighted by molar-refractivity contribution is 6.06. The van der Waals surface area contributed by atoms with Gasteiger partial charge >= 0.3 is 0 Å². The first-order valence-corrected chi connectivity index (χ1v) is 6.85. The van der Waals surface area contributed by atoms with Crippen molar-refractivity contribution in [2.75, 3.05) is 13.1 Å². The van der Waals surface area contributed by atoms with Crippen LogP contribution in [0.25, 0.3) is 0 Å². The second-order valence-electron chi connectivity index (χ2n) is 5.22. The lowest BCUT2D eigenvalue weighted by atomic mass is 10.0. The summed E-state index contributed by atoms with van der Waals surface area (Å²) in [6.07, 6.45) is 3.95. The predicted molar refractivity (Wildman–Crippen MR) is 77.9 cm³/mol. The molecule has 3 N–H and O–H groups in total. The Morgan fingerprint density at radius 2 is 2.19 bits per heavy atom. The van der Waals surface area contributed by atoms with E-state index in [-0.39, 0.29) is 18.2 Å². The van der Waals surface area contributed by atoms with Crippen LogP contribution in [0.5, 0.6) is 0 Å². The lowest BCUT2D eigenvalue weighted by Gasteiger charge is -2.29. The molecule has 2 rings (SSSR count). The fourth-order valence-corrected chi connectivity index (χ4v) is 2.55. The Morgan fingerprint density at radius 3 is 2.76 bits per heavy atom. The van der Waals surface area contributed by atoms with E-state index >= 15 is 0 Å². The number of imide groups is 1. The number of amides is 3. The Kier molecular flexibility index (Phi) is 4.37. The van der Waals surface area contributed by atoms with Gasteiger partial charge in [0.15, 0.2) is 0 Å². The highest BCUT2D eigenvalue weighted by atomic mass is 16.2. The smallest absolute Gasteiger partial charge is 0.254 e. The van der Waals surface area contributed by atoms with Crippen molar-refractivity contribution >= 4 is 17.7 Å². The number of rotatable bonds is 4. The van der Waals surface area contributed by atoms with Crippen molar-refractivity contribution in [3.63, 3.8) is 0 Å². The molecule has 112 valence electrons. The van der Waals surface area contributed by atoms with E-state index in [1.54, 1.807) is 12.2 Å². The number of carbonyl (C=O) groups excluding carboxylic acids is 3. The maximum Gasteiger partial charge on any atom is 0.254 e. The molecule has 0 radical (unpaired) electrons. The summed E-state index contributed by atoms with van der Waals surface area (Å²) in [6, 6.07) is -0.582. The van der Waals surface area contributed by atoms with Gasteiger partial charge in [-0.25, -0.2) is 0 Å². The quantitative estimate of drug-likeness (QED) is 0.564. The number of hydrogen-bond acceptors (Lipinski definition) is 4. The molecule has 0 aromatic carbocycles. The molecule has 0 aliphatic carbocycles. The summed E-state index contributed by atoms with van der Waals surface area (Å²) in [5.41, 5.74) is 7.79. The molecule has 2 aliphatic heterocycles. The normalized spacial score (nSPS) is 23.7. The zero-order chi connectivity index (χ0) is 15.6. The number of hydrogen-bond donors (Lipinski definition) is 2. The van der Waals surface area contributed by atoms with Gasteiger partial charge in [-0.2, -0.15) is 0 Å². The summed E-state index contributed by atoms with van der Waals surface area (Å²) in [6.45, 7) is 6.20. The van der Waals surface area contributed by atoms with Crippen LogP contribution in [0, 0.1) is 0 Å². The highest BCUT2D eigenvalue weighted by Crippen LogP contribution is 2.26. The molecule has 0 saturated carbocycles. The van der Waals surface area contributed by atoms with Gasteiger partial charge in [-0.15, -0.1) is 0 Å². The molecule has 6 nitrogen and oxygen atoms in total. The molecule has 3 amide bonds. The molecule has 1 saturated heterocycles. The van der Waals surface area contributed by atoms with E-state index in [4.69, 9.17) is 5.73 Å². The average molecular weight is 289 g/mol. The van der Waals surface area contributed by atoms with Crippen molar-refractivity contribution < 1.29 is 14.4 Å². The van der Waals surface area contributed by atoms with Crippen LogP contribution < -0.4 is 11.1 Å².